The minimum absolute atomic E-state index is 0.166. The highest BCUT2D eigenvalue weighted by molar-refractivity contribution is 5.70. The number of hydrogen-bond acceptors (Lipinski definition) is 4. The van der Waals surface area contributed by atoms with Crippen LogP contribution in [-0.2, 0) is 6.42 Å². The van der Waals surface area contributed by atoms with E-state index in [9.17, 15) is 4.79 Å². The number of aromatic amines is 1. The van der Waals surface area contributed by atoms with Crippen molar-refractivity contribution < 1.29 is 0 Å². The van der Waals surface area contributed by atoms with E-state index in [1.165, 1.54) is 10.7 Å². The van der Waals surface area contributed by atoms with Crippen LogP contribution in [-0.4, -0.2) is 24.3 Å². The molecule has 6 heteroatoms. The molecule has 6 nitrogen and oxygen atoms in total. The van der Waals surface area contributed by atoms with Gasteiger partial charge in [-0.15, -0.1) is 0 Å². The summed E-state index contributed by atoms with van der Waals surface area (Å²) >= 11 is 0. The van der Waals surface area contributed by atoms with Gasteiger partial charge in [-0.3, -0.25) is 4.79 Å². The second-order valence-corrected chi connectivity index (χ2v) is 3.50. The third-order valence-corrected chi connectivity index (χ3v) is 2.52. The number of nitrogens with zero attached hydrogens (tertiary/aromatic N) is 4. The first-order chi connectivity index (χ1) is 7.79. The molecule has 16 heavy (non-hydrogen) atoms. The van der Waals surface area contributed by atoms with E-state index >= 15 is 0 Å². The highest BCUT2D eigenvalue weighted by Crippen LogP contribution is 2.04. The van der Waals surface area contributed by atoms with E-state index in [2.05, 4.69) is 19.9 Å². The summed E-state index contributed by atoms with van der Waals surface area (Å²) < 4.78 is 1.44. The van der Waals surface area contributed by atoms with Gasteiger partial charge < -0.3 is 4.98 Å². The summed E-state index contributed by atoms with van der Waals surface area (Å²) in [5.74, 6) is 0.377. The fourth-order valence-electron chi connectivity index (χ4n) is 1.62. The maximum atomic E-state index is 12.0. The van der Waals surface area contributed by atoms with Crippen molar-refractivity contribution in [2.24, 2.45) is 0 Å². The molecule has 0 saturated carbocycles. The predicted octanol–water partition coefficient (Wildman–Crippen LogP) is 0.528. The first-order valence-electron chi connectivity index (χ1n) is 5.00. The van der Waals surface area contributed by atoms with Crippen molar-refractivity contribution in [1.29, 1.82) is 0 Å². The molecule has 0 saturated heterocycles. The van der Waals surface area contributed by atoms with Crippen LogP contribution in [0.25, 0.3) is 16.9 Å². The van der Waals surface area contributed by atoms with E-state index < -0.39 is 0 Å². The lowest BCUT2D eigenvalue weighted by atomic mass is 10.3. The topological polar surface area (TPSA) is 75.9 Å². The van der Waals surface area contributed by atoms with Crippen molar-refractivity contribution >= 4 is 16.9 Å². The molecule has 1 N–H and O–H groups in total. The van der Waals surface area contributed by atoms with Gasteiger partial charge in [0.15, 0.2) is 11.2 Å². The van der Waals surface area contributed by atoms with Gasteiger partial charge in [0.05, 0.1) is 6.33 Å². The van der Waals surface area contributed by atoms with Crippen LogP contribution in [0.4, 0.5) is 0 Å². The van der Waals surface area contributed by atoms with E-state index in [1.807, 2.05) is 6.92 Å². The lowest BCUT2D eigenvalue weighted by molar-refractivity contribution is 0.968. The molecule has 80 valence electrons. The molecular formula is C10H9N5O. The molecule has 3 aromatic rings. The molecule has 0 aliphatic rings. The van der Waals surface area contributed by atoms with Gasteiger partial charge in [-0.2, -0.15) is 4.98 Å². The molecule has 0 fully saturated rings. The third kappa shape index (κ3) is 1.13. The second-order valence-electron chi connectivity index (χ2n) is 3.50. The van der Waals surface area contributed by atoms with Crippen LogP contribution in [0.1, 0.15) is 12.5 Å². The lowest BCUT2D eigenvalue weighted by Crippen LogP contribution is -2.16. The van der Waals surface area contributed by atoms with Crippen LogP contribution in [0.15, 0.2) is 23.5 Å². The maximum Gasteiger partial charge on any atom is 0.285 e. The van der Waals surface area contributed by atoms with Crippen LogP contribution >= 0.6 is 0 Å². The molecule has 3 rings (SSSR count). The number of hydrogen-bond donors (Lipinski definition) is 1. The smallest absolute Gasteiger partial charge is 0.285 e. The van der Waals surface area contributed by atoms with Gasteiger partial charge in [-0.05, 0) is 12.0 Å². The Labute approximate surface area is 90.0 Å². The van der Waals surface area contributed by atoms with Crippen molar-refractivity contribution in [1.82, 2.24) is 24.3 Å². The normalized spacial score (nSPS) is 11.3. The number of aromatic nitrogens is 5. The zero-order valence-electron chi connectivity index (χ0n) is 8.64. The standard InChI is InChI=1S/C10H9N5O/c1-2-6-3-11-10-14-8-7(12-5-13-8)9(16)15(10)4-6/h3-5H,2H2,1H3,(H,12,13). The van der Waals surface area contributed by atoms with Crippen LogP contribution < -0.4 is 5.56 Å². The minimum Gasteiger partial charge on any atom is -0.339 e. The molecule has 3 heterocycles. The highest BCUT2D eigenvalue weighted by Gasteiger charge is 2.07. The Morgan fingerprint density at radius 2 is 2.31 bits per heavy atom. The van der Waals surface area contributed by atoms with Crippen molar-refractivity contribution in [3.8, 4) is 0 Å². The van der Waals surface area contributed by atoms with Gasteiger partial charge in [0, 0.05) is 12.4 Å². The van der Waals surface area contributed by atoms with Crippen LogP contribution in [0.3, 0.4) is 0 Å². The van der Waals surface area contributed by atoms with Crippen molar-refractivity contribution in [2.75, 3.05) is 0 Å². The van der Waals surface area contributed by atoms with E-state index in [4.69, 9.17) is 0 Å². The van der Waals surface area contributed by atoms with Gasteiger partial charge in [-0.25, -0.2) is 14.4 Å². The van der Waals surface area contributed by atoms with Gasteiger partial charge in [0.25, 0.3) is 5.56 Å². The molecule has 0 bridgehead atoms. The zero-order valence-corrected chi connectivity index (χ0v) is 8.64. The van der Waals surface area contributed by atoms with Crippen LogP contribution in [0.2, 0.25) is 0 Å². The quantitative estimate of drug-likeness (QED) is 0.642. The van der Waals surface area contributed by atoms with Gasteiger partial charge in [0.1, 0.15) is 0 Å². The average Bonchev–Trinajstić information content (AvgIpc) is 2.77. The Morgan fingerprint density at radius 1 is 1.44 bits per heavy atom. The highest BCUT2D eigenvalue weighted by atomic mass is 16.1. The van der Waals surface area contributed by atoms with Gasteiger partial charge >= 0.3 is 0 Å². The summed E-state index contributed by atoms with van der Waals surface area (Å²) in [5.41, 5.74) is 1.64. The second kappa shape index (κ2) is 3.13. The number of rotatable bonds is 1. The van der Waals surface area contributed by atoms with E-state index in [0.29, 0.717) is 16.9 Å². The molecule has 0 atom stereocenters. The minimum atomic E-state index is -0.166. The van der Waals surface area contributed by atoms with Crippen molar-refractivity contribution in [3.05, 3.63) is 34.6 Å². The van der Waals surface area contributed by atoms with Crippen molar-refractivity contribution in [2.45, 2.75) is 13.3 Å². The first kappa shape index (κ1) is 9.02. The Bertz CT molecular complexity index is 727. The fraction of sp³-hybridized carbons (Fsp3) is 0.200. The molecular weight excluding hydrogens is 206 g/mol. The van der Waals surface area contributed by atoms with E-state index in [-0.39, 0.29) is 5.56 Å². The summed E-state index contributed by atoms with van der Waals surface area (Å²) in [6, 6.07) is 0. The number of H-pyrrole nitrogens is 1. The summed E-state index contributed by atoms with van der Waals surface area (Å²) in [6.07, 6.45) is 5.77. The third-order valence-electron chi connectivity index (χ3n) is 2.52. The van der Waals surface area contributed by atoms with E-state index in [0.717, 1.165) is 12.0 Å². The fourth-order valence-corrected chi connectivity index (χ4v) is 1.62. The summed E-state index contributed by atoms with van der Waals surface area (Å²) in [4.78, 5) is 27.1. The van der Waals surface area contributed by atoms with Crippen LogP contribution in [0, 0.1) is 0 Å². The van der Waals surface area contributed by atoms with Crippen LogP contribution in [0.5, 0.6) is 0 Å². The molecule has 0 radical (unpaired) electrons. The molecule has 3 aromatic heterocycles. The number of imidazole rings is 1. The molecule has 0 aromatic carbocycles. The number of nitrogens with one attached hydrogen (secondary N) is 1. The van der Waals surface area contributed by atoms with E-state index in [1.54, 1.807) is 12.4 Å². The average molecular weight is 215 g/mol. The summed E-state index contributed by atoms with van der Waals surface area (Å²) in [5, 5.41) is 0. The summed E-state index contributed by atoms with van der Waals surface area (Å²) in [6.45, 7) is 2.01. The maximum absolute atomic E-state index is 12.0. The first-order valence-corrected chi connectivity index (χ1v) is 5.00. The lowest BCUT2D eigenvalue weighted by Gasteiger charge is -2.01. The Balaban J connectivity index is 2.52. The monoisotopic (exact) mass is 215 g/mol. The Morgan fingerprint density at radius 3 is 3.12 bits per heavy atom. The Kier molecular flexibility index (Phi) is 1.76. The predicted molar refractivity (Wildman–Crippen MR) is 58.3 cm³/mol. The molecule has 0 amide bonds. The molecule has 0 spiro atoms. The Hall–Kier alpha value is -2.24. The molecule has 0 unspecified atom stereocenters. The van der Waals surface area contributed by atoms with Gasteiger partial charge in [-0.1, -0.05) is 6.92 Å². The number of fused-ring (bicyclic) bond motifs is 2. The number of aryl methyl sites for hydroxylation is 1. The molecule has 0 aliphatic carbocycles. The van der Waals surface area contributed by atoms with Crippen molar-refractivity contribution in [3.63, 3.8) is 0 Å². The van der Waals surface area contributed by atoms with Gasteiger partial charge in [0.2, 0.25) is 5.78 Å². The summed E-state index contributed by atoms with van der Waals surface area (Å²) in [7, 11) is 0. The largest absolute Gasteiger partial charge is 0.339 e. The molecule has 0 aliphatic heterocycles. The zero-order chi connectivity index (χ0) is 11.1. The SMILES string of the molecule is CCc1cnc2nc3nc[nH]c3c(=O)n2c1.